The molecule has 0 amide bonds. The number of allylic oxidation sites excluding steroid dienone is 6. The van der Waals surface area contributed by atoms with Gasteiger partial charge in [0.1, 0.15) is 0 Å². The summed E-state index contributed by atoms with van der Waals surface area (Å²) in [6, 6.07) is 48.7. The molecule has 0 aliphatic heterocycles. The molecule has 1 atom stereocenters. The predicted octanol–water partition coefficient (Wildman–Crippen LogP) is 11.8. The summed E-state index contributed by atoms with van der Waals surface area (Å²) in [6.45, 7) is 0. The SMILES string of the molecule is C1=CC(c2ccc(N(C3=Cc4ccccc4CC3)c3ccc4ccccc4c3)cc2)CC=C1/C=C\c1ccc2ccccc2c1. The molecule has 0 bridgehead atoms. The van der Waals surface area contributed by atoms with Crippen molar-refractivity contribution in [2.75, 3.05) is 4.90 Å². The zero-order valence-electron chi connectivity index (χ0n) is 25.3. The maximum absolute atomic E-state index is 2.46. The zero-order valence-corrected chi connectivity index (χ0v) is 25.3. The fourth-order valence-corrected chi connectivity index (χ4v) is 6.77. The van der Waals surface area contributed by atoms with E-state index < -0.39 is 0 Å². The monoisotopic (exact) mass is 577 g/mol. The maximum atomic E-state index is 2.46. The van der Waals surface area contributed by atoms with Crippen LogP contribution in [0, 0.1) is 0 Å². The molecule has 6 aromatic carbocycles. The fraction of sp³-hybridized carbons (Fsp3) is 0.0909. The van der Waals surface area contributed by atoms with E-state index in [9.17, 15) is 0 Å². The van der Waals surface area contributed by atoms with Crippen LogP contribution >= 0.6 is 0 Å². The molecule has 0 saturated heterocycles. The first kappa shape index (κ1) is 27.2. The van der Waals surface area contributed by atoms with Gasteiger partial charge in [0.05, 0.1) is 0 Å². The number of rotatable bonds is 6. The Morgan fingerprint density at radius 1 is 0.578 bits per heavy atom. The number of benzene rings is 6. The molecule has 45 heavy (non-hydrogen) atoms. The molecule has 0 aromatic heterocycles. The lowest BCUT2D eigenvalue weighted by atomic mass is 9.89. The van der Waals surface area contributed by atoms with E-state index in [0.717, 1.165) is 19.3 Å². The minimum Gasteiger partial charge on any atom is -0.314 e. The van der Waals surface area contributed by atoms with Gasteiger partial charge in [-0.25, -0.2) is 0 Å². The van der Waals surface area contributed by atoms with Gasteiger partial charge in [-0.2, -0.15) is 0 Å². The summed E-state index contributed by atoms with van der Waals surface area (Å²) in [4.78, 5) is 2.46. The van der Waals surface area contributed by atoms with Crippen molar-refractivity contribution in [2.24, 2.45) is 0 Å². The van der Waals surface area contributed by atoms with Crippen molar-refractivity contribution in [1.82, 2.24) is 0 Å². The summed E-state index contributed by atoms with van der Waals surface area (Å²) in [6.07, 6.45) is 16.9. The Labute approximate surface area is 265 Å². The topological polar surface area (TPSA) is 3.24 Å². The van der Waals surface area contributed by atoms with Gasteiger partial charge < -0.3 is 4.90 Å². The smallest absolute Gasteiger partial charge is 0.0464 e. The van der Waals surface area contributed by atoms with E-state index in [1.165, 1.54) is 66.4 Å². The first-order chi connectivity index (χ1) is 22.3. The average molecular weight is 578 g/mol. The molecule has 1 heteroatoms. The molecule has 0 fully saturated rings. The summed E-state index contributed by atoms with van der Waals surface area (Å²) in [7, 11) is 0. The third kappa shape index (κ3) is 5.66. The van der Waals surface area contributed by atoms with Crippen LogP contribution in [-0.2, 0) is 6.42 Å². The van der Waals surface area contributed by atoms with Gasteiger partial charge in [0.25, 0.3) is 0 Å². The third-order valence-corrected chi connectivity index (χ3v) is 9.26. The van der Waals surface area contributed by atoms with Crippen molar-refractivity contribution in [3.05, 3.63) is 191 Å². The Hall–Kier alpha value is -5.40. The van der Waals surface area contributed by atoms with Crippen LogP contribution in [0.4, 0.5) is 11.4 Å². The van der Waals surface area contributed by atoms with E-state index >= 15 is 0 Å². The highest BCUT2D eigenvalue weighted by molar-refractivity contribution is 5.88. The summed E-state index contributed by atoms with van der Waals surface area (Å²) in [5.74, 6) is 0.381. The van der Waals surface area contributed by atoms with Crippen molar-refractivity contribution in [3.63, 3.8) is 0 Å². The molecule has 1 nitrogen and oxygen atoms in total. The van der Waals surface area contributed by atoms with Crippen molar-refractivity contribution >= 4 is 45.1 Å². The number of hydrogen-bond acceptors (Lipinski definition) is 1. The van der Waals surface area contributed by atoms with Gasteiger partial charge in [-0.1, -0.05) is 134 Å². The van der Waals surface area contributed by atoms with Crippen LogP contribution in [-0.4, -0.2) is 0 Å². The normalized spacial score (nSPS) is 16.0. The molecular weight excluding hydrogens is 542 g/mol. The second kappa shape index (κ2) is 11.9. The molecule has 2 aliphatic carbocycles. The highest BCUT2D eigenvalue weighted by Gasteiger charge is 2.20. The fourth-order valence-electron chi connectivity index (χ4n) is 6.77. The average Bonchev–Trinajstić information content (AvgIpc) is 3.11. The summed E-state index contributed by atoms with van der Waals surface area (Å²) in [5, 5.41) is 5.09. The van der Waals surface area contributed by atoms with Crippen LogP contribution in [0.1, 0.15) is 41.0 Å². The number of nitrogens with zero attached hydrogens (tertiary/aromatic N) is 1. The van der Waals surface area contributed by atoms with Crippen LogP contribution in [0.5, 0.6) is 0 Å². The first-order valence-electron chi connectivity index (χ1n) is 16.0. The number of aryl methyl sites for hydroxylation is 1. The van der Waals surface area contributed by atoms with Gasteiger partial charge in [-0.3, -0.25) is 0 Å². The lowest BCUT2D eigenvalue weighted by Gasteiger charge is -2.31. The maximum Gasteiger partial charge on any atom is 0.0464 e. The highest BCUT2D eigenvalue weighted by atomic mass is 15.1. The molecule has 216 valence electrons. The Morgan fingerprint density at radius 2 is 1.27 bits per heavy atom. The van der Waals surface area contributed by atoms with Crippen LogP contribution in [0.2, 0.25) is 0 Å². The van der Waals surface area contributed by atoms with Gasteiger partial charge in [-0.15, -0.1) is 0 Å². The molecule has 8 rings (SSSR count). The summed E-state index contributed by atoms with van der Waals surface area (Å²) >= 11 is 0. The number of hydrogen-bond donors (Lipinski definition) is 0. The predicted molar refractivity (Wildman–Crippen MR) is 193 cm³/mol. The minimum atomic E-state index is 0.381. The van der Waals surface area contributed by atoms with Crippen molar-refractivity contribution in [1.29, 1.82) is 0 Å². The van der Waals surface area contributed by atoms with E-state index in [1.54, 1.807) is 0 Å². The molecule has 0 radical (unpaired) electrons. The lowest BCUT2D eigenvalue weighted by Crippen LogP contribution is -2.19. The zero-order chi connectivity index (χ0) is 30.0. The van der Waals surface area contributed by atoms with Crippen LogP contribution in [0.3, 0.4) is 0 Å². The van der Waals surface area contributed by atoms with E-state index in [1.807, 2.05) is 0 Å². The van der Waals surface area contributed by atoms with Crippen LogP contribution in [0.15, 0.2) is 169 Å². The second-order valence-corrected chi connectivity index (χ2v) is 12.1. The Balaban J connectivity index is 1.04. The van der Waals surface area contributed by atoms with E-state index in [4.69, 9.17) is 0 Å². The number of fused-ring (bicyclic) bond motifs is 3. The molecule has 0 saturated carbocycles. The van der Waals surface area contributed by atoms with Gasteiger partial charge >= 0.3 is 0 Å². The Bertz CT molecular complexity index is 2140. The van der Waals surface area contributed by atoms with Crippen LogP contribution in [0.25, 0.3) is 33.7 Å². The van der Waals surface area contributed by atoms with Crippen molar-refractivity contribution < 1.29 is 0 Å². The molecule has 0 heterocycles. The van der Waals surface area contributed by atoms with Gasteiger partial charge in [0, 0.05) is 23.0 Å². The first-order valence-corrected chi connectivity index (χ1v) is 16.0. The molecule has 1 unspecified atom stereocenters. The highest BCUT2D eigenvalue weighted by Crippen LogP contribution is 2.38. The largest absolute Gasteiger partial charge is 0.314 e. The van der Waals surface area contributed by atoms with Gasteiger partial charge in [-0.05, 0) is 105 Å². The van der Waals surface area contributed by atoms with Crippen molar-refractivity contribution in [2.45, 2.75) is 25.2 Å². The van der Waals surface area contributed by atoms with Crippen molar-refractivity contribution in [3.8, 4) is 0 Å². The summed E-state index contributed by atoms with van der Waals surface area (Å²) < 4.78 is 0. The molecule has 2 aliphatic rings. The summed E-state index contributed by atoms with van der Waals surface area (Å²) in [5.41, 5.74) is 10.3. The lowest BCUT2D eigenvalue weighted by molar-refractivity contribution is 0.847. The Kier molecular flexibility index (Phi) is 7.21. The van der Waals surface area contributed by atoms with E-state index in [0.29, 0.717) is 5.92 Å². The quantitative estimate of drug-likeness (QED) is 0.190. The second-order valence-electron chi connectivity index (χ2n) is 12.1. The van der Waals surface area contributed by atoms with Gasteiger partial charge in [0.2, 0.25) is 0 Å². The third-order valence-electron chi connectivity index (χ3n) is 9.26. The van der Waals surface area contributed by atoms with E-state index in [-0.39, 0.29) is 0 Å². The van der Waals surface area contributed by atoms with Crippen LogP contribution < -0.4 is 4.90 Å². The number of anilines is 2. The molecule has 6 aromatic rings. The molecule has 0 N–H and O–H groups in total. The standard InChI is InChI=1S/C44H35N/c1-4-10-39-29-33(17-20-34(39)7-1)14-13-32-15-18-37(19-16-32)38-21-25-42(26-22-38)45(43-27-23-35-8-2-5-11-40(35)30-43)44-28-24-36-9-3-6-12-41(36)31-44/h1-18,20-23,25-27,29-31,37H,19,24,28H2/b14-13-. The molecule has 0 spiro atoms. The Morgan fingerprint density at radius 3 is 2.04 bits per heavy atom. The minimum absolute atomic E-state index is 0.381. The molecular formula is C44H35N. The van der Waals surface area contributed by atoms with E-state index in [2.05, 4.69) is 175 Å². The van der Waals surface area contributed by atoms with Gasteiger partial charge in [0.15, 0.2) is 0 Å².